The Morgan fingerprint density at radius 3 is 2.39 bits per heavy atom. The van der Waals surface area contributed by atoms with Crippen molar-refractivity contribution >= 4 is 12.2 Å². The van der Waals surface area contributed by atoms with E-state index in [0.29, 0.717) is 12.8 Å². The molecule has 0 heterocycles. The van der Waals surface area contributed by atoms with Gasteiger partial charge in [0.25, 0.3) is 0 Å². The van der Waals surface area contributed by atoms with E-state index < -0.39 is 17.8 Å². The van der Waals surface area contributed by atoms with Crippen LogP contribution >= 0.6 is 0 Å². The van der Waals surface area contributed by atoms with E-state index in [-0.39, 0.29) is 18.8 Å². The topological polar surface area (TPSA) is 73.9 Å². The summed E-state index contributed by atoms with van der Waals surface area (Å²) in [5.41, 5.74) is 0.304. The molecule has 0 spiro atoms. The Hall–Kier alpha value is -2.50. The van der Waals surface area contributed by atoms with Crippen molar-refractivity contribution in [3.05, 3.63) is 48.6 Å². The molecular formula is C25H39NO5. The second-order valence-corrected chi connectivity index (χ2v) is 8.69. The van der Waals surface area contributed by atoms with Crippen LogP contribution in [0.3, 0.4) is 0 Å². The Morgan fingerprint density at radius 2 is 1.77 bits per heavy atom. The number of hydrogen-bond acceptors (Lipinski definition) is 5. The molecule has 6 nitrogen and oxygen atoms in total. The third-order valence-corrected chi connectivity index (χ3v) is 4.60. The van der Waals surface area contributed by atoms with Gasteiger partial charge in [-0.05, 0) is 39.2 Å². The van der Waals surface area contributed by atoms with Crippen molar-refractivity contribution in [1.29, 1.82) is 0 Å². The van der Waals surface area contributed by atoms with Crippen LogP contribution in [-0.4, -0.2) is 30.0 Å². The number of nitrogens with one attached hydrogen (secondary N) is 1. The lowest BCUT2D eigenvalue weighted by Gasteiger charge is -2.25. The van der Waals surface area contributed by atoms with Crippen molar-refractivity contribution in [2.45, 2.75) is 97.0 Å². The molecule has 6 heteroatoms. The molecule has 0 unspecified atom stereocenters. The van der Waals surface area contributed by atoms with Gasteiger partial charge < -0.3 is 19.5 Å². The third-order valence-electron chi connectivity index (χ3n) is 4.60. The van der Waals surface area contributed by atoms with Gasteiger partial charge in [0, 0.05) is 6.42 Å². The van der Waals surface area contributed by atoms with E-state index in [4.69, 9.17) is 14.2 Å². The highest BCUT2D eigenvalue weighted by molar-refractivity contribution is 5.68. The lowest BCUT2D eigenvalue weighted by atomic mass is 10.0. The smallest absolute Gasteiger partial charge is 0.444 e. The van der Waals surface area contributed by atoms with Gasteiger partial charge in [-0.15, -0.1) is 6.58 Å². The molecule has 0 aliphatic heterocycles. The summed E-state index contributed by atoms with van der Waals surface area (Å²) >= 11 is 0. The number of alkyl carbamates (subject to hydrolysis) is 1. The molecular weight excluding hydrogens is 394 g/mol. The molecule has 1 N–H and O–H groups in total. The summed E-state index contributed by atoms with van der Waals surface area (Å²) < 4.78 is 16.2. The van der Waals surface area contributed by atoms with Crippen molar-refractivity contribution in [2.75, 3.05) is 0 Å². The van der Waals surface area contributed by atoms with Gasteiger partial charge in [0.05, 0.1) is 6.04 Å². The molecule has 2 atom stereocenters. The minimum Gasteiger partial charge on any atom is -0.444 e. The van der Waals surface area contributed by atoms with Crippen molar-refractivity contribution < 1.29 is 23.8 Å². The Bertz CT molecular complexity index is 654. The van der Waals surface area contributed by atoms with Crippen LogP contribution in [0.5, 0.6) is 0 Å². The first-order valence-corrected chi connectivity index (χ1v) is 11.2. The first-order chi connectivity index (χ1) is 14.7. The van der Waals surface area contributed by atoms with Crippen LogP contribution < -0.4 is 5.32 Å². The molecule has 1 amide bonds. The van der Waals surface area contributed by atoms with Crippen LogP contribution in [0.25, 0.3) is 0 Å². The van der Waals surface area contributed by atoms with Crippen LogP contribution in [0.1, 0.15) is 78.2 Å². The Balaban J connectivity index is 2.62. The molecule has 0 saturated carbocycles. The van der Waals surface area contributed by atoms with E-state index in [0.717, 1.165) is 24.8 Å². The maximum absolute atomic E-state index is 12.3. The number of amides is 1. The molecule has 1 rings (SSSR count). The van der Waals surface area contributed by atoms with Crippen molar-refractivity contribution in [3.63, 3.8) is 0 Å². The zero-order chi connectivity index (χ0) is 23.1. The van der Waals surface area contributed by atoms with Crippen molar-refractivity contribution in [2.24, 2.45) is 0 Å². The number of ether oxygens (including phenoxy) is 3. The molecule has 0 aliphatic carbocycles. The lowest BCUT2D eigenvalue weighted by molar-refractivity contribution is 0.0103. The zero-order valence-corrected chi connectivity index (χ0v) is 19.5. The summed E-state index contributed by atoms with van der Waals surface area (Å²) in [6, 6.07) is 9.08. The number of rotatable bonds is 13. The predicted octanol–water partition coefficient (Wildman–Crippen LogP) is 6.54. The normalized spacial score (nSPS) is 13.0. The highest BCUT2D eigenvalue weighted by Gasteiger charge is 2.23. The Labute approximate surface area is 187 Å². The zero-order valence-electron chi connectivity index (χ0n) is 19.5. The van der Waals surface area contributed by atoms with Gasteiger partial charge in [-0.2, -0.15) is 0 Å². The standard InChI is InChI=1S/C25H39NO5/c1-6-8-9-10-14-17-22(18-21(7-2)26-23(27)31-25(3,4)5)30-24(28)29-19-20-15-12-11-13-16-20/h7,11-13,15-16,21-22H,2,6,8-10,14,17-19H2,1,3-5H3,(H,26,27)/t21-,22+/m0/s1. The van der Waals surface area contributed by atoms with Gasteiger partial charge in [0.15, 0.2) is 0 Å². The predicted molar refractivity (Wildman–Crippen MR) is 123 cm³/mol. The third kappa shape index (κ3) is 13.4. The van der Waals surface area contributed by atoms with E-state index in [2.05, 4.69) is 18.8 Å². The average Bonchev–Trinajstić information content (AvgIpc) is 2.70. The highest BCUT2D eigenvalue weighted by atomic mass is 16.7. The number of carbonyl (C=O) groups is 2. The van der Waals surface area contributed by atoms with Gasteiger partial charge in [-0.1, -0.05) is 69.0 Å². The average molecular weight is 434 g/mol. The Morgan fingerprint density at radius 1 is 1.10 bits per heavy atom. The largest absolute Gasteiger partial charge is 0.508 e. The fraction of sp³-hybridized carbons (Fsp3) is 0.600. The molecule has 0 saturated heterocycles. The summed E-state index contributed by atoms with van der Waals surface area (Å²) in [4.78, 5) is 24.4. The molecule has 174 valence electrons. The summed E-state index contributed by atoms with van der Waals surface area (Å²) in [5, 5.41) is 2.78. The first kappa shape index (κ1) is 26.5. The van der Waals surface area contributed by atoms with E-state index >= 15 is 0 Å². The Kier molecular flexibility index (Phi) is 12.4. The summed E-state index contributed by atoms with van der Waals surface area (Å²) in [5.74, 6) is 0. The van der Waals surface area contributed by atoms with Gasteiger partial charge in [-0.3, -0.25) is 0 Å². The molecule has 0 aliphatic rings. The van der Waals surface area contributed by atoms with Gasteiger partial charge >= 0.3 is 12.2 Å². The van der Waals surface area contributed by atoms with Crippen molar-refractivity contribution in [1.82, 2.24) is 5.32 Å². The van der Waals surface area contributed by atoms with Crippen molar-refractivity contribution in [3.8, 4) is 0 Å². The van der Waals surface area contributed by atoms with Gasteiger partial charge in [0.2, 0.25) is 0 Å². The minimum atomic E-state index is -0.706. The molecule has 0 radical (unpaired) electrons. The quantitative estimate of drug-likeness (QED) is 0.217. The SMILES string of the molecule is C=C[C@@H](C[C@@H](CCCCCCC)OC(=O)OCc1ccccc1)NC(=O)OC(C)(C)C. The number of carbonyl (C=O) groups excluding carboxylic acids is 2. The van der Waals surface area contributed by atoms with E-state index in [9.17, 15) is 9.59 Å². The summed E-state index contributed by atoms with van der Waals surface area (Å²) in [6.45, 7) is 11.5. The minimum absolute atomic E-state index is 0.157. The van der Waals surface area contributed by atoms with Crippen LogP contribution in [0.15, 0.2) is 43.0 Å². The van der Waals surface area contributed by atoms with Crippen LogP contribution in [0.4, 0.5) is 9.59 Å². The maximum atomic E-state index is 12.3. The highest BCUT2D eigenvalue weighted by Crippen LogP contribution is 2.16. The molecule has 0 aromatic heterocycles. The van der Waals surface area contributed by atoms with E-state index in [1.165, 1.54) is 12.8 Å². The van der Waals surface area contributed by atoms with E-state index in [1.807, 2.05) is 30.3 Å². The van der Waals surface area contributed by atoms with Gasteiger partial charge in [0.1, 0.15) is 18.3 Å². The number of hydrogen-bond donors (Lipinski definition) is 1. The summed E-state index contributed by atoms with van der Waals surface area (Å²) in [6.07, 6.45) is 6.66. The molecule has 0 fully saturated rings. The van der Waals surface area contributed by atoms with E-state index in [1.54, 1.807) is 26.8 Å². The molecule has 1 aromatic rings. The number of unbranched alkanes of at least 4 members (excludes halogenated alkanes) is 4. The fourth-order valence-corrected chi connectivity index (χ4v) is 3.04. The van der Waals surface area contributed by atoms with Crippen LogP contribution in [0, 0.1) is 0 Å². The number of benzene rings is 1. The summed E-state index contributed by atoms with van der Waals surface area (Å²) in [7, 11) is 0. The molecule has 1 aromatic carbocycles. The van der Waals surface area contributed by atoms with Crippen LogP contribution in [-0.2, 0) is 20.8 Å². The molecule has 31 heavy (non-hydrogen) atoms. The van der Waals surface area contributed by atoms with Crippen LogP contribution in [0.2, 0.25) is 0 Å². The lowest BCUT2D eigenvalue weighted by Crippen LogP contribution is -2.40. The second kappa shape index (κ2) is 14.5. The second-order valence-electron chi connectivity index (χ2n) is 8.69. The molecule has 0 bridgehead atoms. The first-order valence-electron chi connectivity index (χ1n) is 11.2. The van der Waals surface area contributed by atoms with Gasteiger partial charge in [-0.25, -0.2) is 9.59 Å². The fourth-order valence-electron chi connectivity index (χ4n) is 3.04. The maximum Gasteiger partial charge on any atom is 0.508 e. The monoisotopic (exact) mass is 433 g/mol.